The largest absolute Gasteiger partial charge is 0.478 e. The summed E-state index contributed by atoms with van der Waals surface area (Å²) in [4.78, 5) is 42.0. The second kappa shape index (κ2) is 12.1. The van der Waals surface area contributed by atoms with E-state index in [1.54, 1.807) is 20.8 Å². The molecule has 2 amide bonds. The molecule has 3 aromatic rings. The summed E-state index contributed by atoms with van der Waals surface area (Å²) in [6.07, 6.45) is 0.133. The Bertz CT molecular complexity index is 1350. The van der Waals surface area contributed by atoms with Gasteiger partial charge in [0.05, 0.1) is 16.9 Å². The molecule has 8 nitrogen and oxygen atoms in total. The second-order valence-corrected chi connectivity index (χ2v) is 11.0. The number of aryl methyl sites for hydroxylation is 2. The number of anilines is 1. The number of aromatic nitrogens is 1. The maximum Gasteiger partial charge on any atom is 0.407 e. The Morgan fingerprint density at radius 1 is 0.949 bits per heavy atom. The number of aromatic carboxylic acids is 1. The van der Waals surface area contributed by atoms with Crippen LogP contribution in [0.5, 0.6) is 0 Å². The highest BCUT2D eigenvalue weighted by Gasteiger charge is 2.23. The number of nitrogens with zero attached hydrogens (tertiary/aromatic N) is 1. The Kier molecular flexibility index (Phi) is 9.11. The number of hydrogen-bond acceptors (Lipinski definition) is 5. The van der Waals surface area contributed by atoms with Gasteiger partial charge in [0.1, 0.15) is 5.60 Å². The SMILES string of the molecule is Cc1ccc(-c2c(CNC(=O)OC(C)(C)C)c(CC(C)C)nc(C)c2NC(=O)c2ccc(C(=O)O)cc2)cc1. The lowest BCUT2D eigenvalue weighted by Gasteiger charge is -2.24. The van der Waals surface area contributed by atoms with Crippen LogP contribution >= 0.6 is 0 Å². The van der Waals surface area contributed by atoms with Crippen LogP contribution in [0.1, 0.15) is 77.8 Å². The maximum absolute atomic E-state index is 13.3. The Morgan fingerprint density at radius 2 is 1.54 bits per heavy atom. The molecule has 0 aliphatic heterocycles. The van der Waals surface area contributed by atoms with Gasteiger partial charge in [-0.1, -0.05) is 43.7 Å². The van der Waals surface area contributed by atoms with Crippen molar-refractivity contribution in [2.45, 2.75) is 67.0 Å². The van der Waals surface area contributed by atoms with E-state index in [-0.39, 0.29) is 12.1 Å². The highest BCUT2D eigenvalue weighted by atomic mass is 16.6. The molecular formula is C31H37N3O5. The molecule has 0 aliphatic carbocycles. The van der Waals surface area contributed by atoms with Gasteiger partial charge in [0.15, 0.2) is 0 Å². The molecule has 1 aromatic heterocycles. The first kappa shape index (κ1) is 29.4. The molecule has 3 rings (SSSR count). The van der Waals surface area contributed by atoms with Gasteiger partial charge in [0, 0.05) is 28.9 Å². The van der Waals surface area contributed by atoms with Crippen molar-refractivity contribution in [3.05, 3.63) is 82.2 Å². The van der Waals surface area contributed by atoms with E-state index in [1.807, 2.05) is 38.1 Å². The lowest BCUT2D eigenvalue weighted by Crippen LogP contribution is -2.32. The Balaban J connectivity index is 2.13. The predicted octanol–water partition coefficient (Wildman–Crippen LogP) is 6.54. The third-order valence-corrected chi connectivity index (χ3v) is 5.95. The molecule has 0 atom stereocenters. The molecule has 8 heteroatoms. The van der Waals surface area contributed by atoms with Gasteiger partial charge in [0.2, 0.25) is 0 Å². The van der Waals surface area contributed by atoms with Gasteiger partial charge in [-0.3, -0.25) is 9.78 Å². The highest BCUT2D eigenvalue weighted by molar-refractivity contribution is 6.07. The van der Waals surface area contributed by atoms with Gasteiger partial charge in [0.25, 0.3) is 5.91 Å². The summed E-state index contributed by atoms with van der Waals surface area (Å²) >= 11 is 0. The van der Waals surface area contributed by atoms with Gasteiger partial charge in [-0.25, -0.2) is 9.59 Å². The number of nitrogens with one attached hydrogen (secondary N) is 2. The van der Waals surface area contributed by atoms with Crippen LogP contribution in [0.15, 0.2) is 48.5 Å². The van der Waals surface area contributed by atoms with Crippen LogP contribution in [0.25, 0.3) is 11.1 Å². The Hall–Kier alpha value is -4.20. The van der Waals surface area contributed by atoms with Gasteiger partial charge in [-0.2, -0.15) is 0 Å². The number of hydrogen-bond donors (Lipinski definition) is 3. The summed E-state index contributed by atoms with van der Waals surface area (Å²) in [6.45, 7) is 13.6. The summed E-state index contributed by atoms with van der Waals surface area (Å²) in [6, 6.07) is 13.7. The van der Waals surface area contributed by atoms with Crippen LogP contribution in [-0.4, -0.2) is 33.7 Å². The molecule has 3 N–H and O–H groups in total. The van der Waals surface area contributed by atoms with E-state index in [1.165, 1.54) is 24.3 Å². The first-order valence-electron chi connectivity index (χ1n) is 13.0. The molecule has 0 unspecified atom stereocenters. The van der Waals surface area contributed by atoms with Crippen LogP contribution < -0.4 is 10.6 Å². The molecule has 0 spiro atoms. The number of amides is 2. The summed E-state index contributed by atoms with van der Waals surface area (Å²) < 4.78 is 5.46. The minimum atomic E-state index is -1.06. The molecule has 0 fully saturated rings. The lowest BCUT2D eigenvalue weighted by molar-refractivity contribution is 0.0522. The molecule has 0 saturated carbocycles. The van der Waals surface area contributed by atoms with Crippen LogP contribution in [0.2, 0.25) is 0 Å². The zero-order valence-electron chi connectivity index (χ0n) is 23.6. The fraction of sp³-hybridized carbons (Fsp3) is 0.355. The molecule has 0 saturated heterocycles. The highest BCUT2D eigenvalue weighted by Crippen LogP contribution is 2.36. The zero-order valence-corrected chi connectivity index (χ0v) is 23.6. The topological polar surface area (TPSA) is 118 Å². The van der Waals surface area contributed by atoms with Crippen molar-refractivity contribution in [1.82, 2.24) is 10.3 Å². The number of ether oxygens (including phenoxy) is 1. The number of pyridine rings is 1. The quantitative estimate of drug-likeness (QED) is 0.304. The summed E-state index contributed by atoms with van der Waals surface area (Å²) in [7, 11) is 0. The predicted molar refractivity (Wildman–Crippen MR) is 152 cm³/mol. The number of carboxylic acids is 1. The summed E-state index contributed by atoms with van der Waals surface area (Å²) in [5, 5.41) is 15.1. The van der Waals surface area contributed by atoms with E-state index >= 15 is 0 Å². The molecule has 0 bridgehead atoms. The smallest absolute Gasteiger partial charge is 0.407 e. The maximum atomic E-state index is 13.3. The van der Waals surface area contributed by atoms with Crippen LogP contribution in [0.4, 0.5) is 10.5 Å². The molecule has 206 valence electrons. The minimum absolute atomic E-state index is 0.0956. The van der Waals surface area contributed by atoms with E-state index in [4.69, 9.17) is 9.72 Å². The average molecular weight is 532 g/mol. The Morgan fingerprint density at radius 3 is 2.08 bits per heavy atom. The zero-order chi connectivity index (χ0) is 28.9. The van der Waals surface area contributed by atoms with Gasteiger partial charge in [-0.15, -0.1) is 0 Å². The van der Waals surface area contributed by atoms with Crippen molar-refractivity contribution in [2.24, 2.45) is 5.92 Å². The van der Waals surface area contributed by atoms with Crippen molar-refractivity contribution in [3.63, 3.8) is 0 Å². The number of benzene rings is 2. The average Bonchev–Trinajstić information content (AvgIpc) is 2.84. The molecule has 0 aliphatic rings. The van der Waals surface area contributed by atoms with Gasteiger partial charge < -0.3 is 20.5 Å². The van der Waals surface area contributed by atoms with Gasteiger partial charge >= 0.3 is 12.1 Å². The lowest BCUT2D eigenvalue weighted by atomic mass is 9.92. The first-order chi connectivity index (χ1) is 18.2. The normalized spacial score (nSPS) is 11.3. The van der Waals surface area contributed by atoms with E-state index in [2.05, 4.69) is 24.5 Å². The van der Waals surface area contributed by atoms with Crippen molar-refractivity contribution in [1.29, 1.82) is 0 Å². The number of rotatable bonds is 8. The second-order valence-electron chi connectivity index (χ2n) is 11.0. The molecule has 0 radical (unpaired) electrons. The summed E-state index contributed by atoms with van der Waals surface area (Å²) in [5.74, 6) is -1.16. The fourth-order valence-corrected chi connectivity index (χ4v) is 4.16. The molecule has 39 heavy (non-hydrogen) atoms. The van der Waals surface area contributed by atoms with Crippen molar-refractivity contribution in [3.8, 4) is 11.1 Å². The third kappa shape index (κ3) is 7.89. The fourth-order valence-electron chi connectivity index (χ4n) is 4.16. The van der Waals surface area contributed by atoms with Crippen molar-refractivity contribution >= 4 is 23.7 Å². The first-order valence-corrected chi connectivity index (χ1v) is 13.0. The molecule has 1 heterocycles. The van der Waals surface area contributed by atoms with Crippen molar-refractivity contribution in [2.75, 3.05) is 5.32 Å². The number of carbonyl (C=O) groups is 3. The number of carboxylic acid groups (broad SMARTS) is 1. The summed E-state index contributed by atoms with van der Waals surface area (Å²) in [5.41, 5.74) is 5.27. The van der Waals surface area contributed by atoms with E-state index in [9.17, 15) is 19.5 Å². The van der Waals surface area contributed by atoms with Crippen molar-refractivity contribution < 1.29 is 24.2 Å². The molecule has 2 aromatic carbocycles. The van der Waals surface area contributed by atoms with Gasteiger partial charge in [-0.05, 0) is 76.8 Å². The van der Waals surface area contributed by atoms with Crippen LogP contribution in [0, 0.1) is 19.8 Å². The molecular weight excluding hydrogens is 494 g/mol. The monoisotopic (exact) mass is 531 g/mol. The van der Waals surface area contributed by atoms with Crippen LogP contribution in [-0.2, 0) is 17.7 Å². The van der Waals surface area contributed by atoms with E-state index in [0.717, 1.165) is 27.9 Å². The minimum Gasteiger partial charge on any atom is -0.478 e. The van der Waals surface area contributed by atoms with E-state index in [0.29, 0.717) is 29.3 Å². The van der Waals surface area contributed by atoms with E-state index < -0.39 is 23.6 Å². The Labute approximate surface area is 229 Å². The standard InChI is InChI=1S/C31H37N3O5/c1-18(2)16-25-24(17-32-30(38)39-31(5,6)7)26(21-10-8-19(3)9-11-21)27(20(4)33-25)34-28(35)22-12-14-23(15-13-22)29(36)37/h8-15,18H,16-17H2,1-7H3,(H,32,38)(H,34,35)(H,36,37). The van der Waals surface area contributed by atoms with Crippen LogP contribution in [0.3, 0.4) is 0 Å². The third-order valence-electron chi connectivity index (χ3n) is 5.95. The number of alkyl carbamates (subject to hydrolysis) is 1. The number of carbonyl (C=O) groups excluding carboxylic acids is 2.